The van der Waals surface area contributed by atoms with Crippen molar-refractivity contribution in [1.82, 2.24) is 0 Å². The lowest BCUT2D eigenvalue weighted by atomic mass is 9.78. The van der Waals surface area contributed by atoms with Crippen molar-refractivity contribution in [2.24, 2.45) is 11.7 Å². The van der Waals surface area contributed by atoms with E-state index in [9.17, 15) is 4.79 Å². The van der Waals surface area contributed by atoms with E-state index in [1.807, 2.05) is 17.5 Å². The van der Waals surface area contributed by atoms with Crippen LogP contribution in [0.2, 0.25) is 0 Å². The van der Waals surface area contributed by atoms with Gasteiger partial charge in [-0.2, -0.15) is 0 Å². The monoisotopic (exact) mass is 295 g/mol. The van der Waals surface area contributed by atoms with Crippen LogP contribution in [0.15, 0.2) is 17.5 Å². The first kappa shape index (κ1) is 14.2. The van der Waals surface area contributed by atoms with Crippen LogP contribution in [0, 0.1) is 5.92 Å². The highest BCUT2D eigenvalue weighted by atomic mass is 32.1. The summed E-state index contributed by atoms with van der Waals surface area (Å²) in [6.07, 6.45) is 3.38. The zero-order valence-electron chi connectivity index (χ0n) is 11.5. The molecule has 2 aliphatic rings. The Labute approximate surface area is 123 Å². The van der Waals surface area contributed by atoms with Gasteiger partial charge >= 0.3 is 0 Å². The van der Waals surface area contributed by atoms with Crippen molar-refractivity contribution in [3.63, 3.8) is 0 Å². The van der Waals surface area contributed by atoms with Crippen molar-refractivity contribution < 1.29 is 14.3 Å². The molecule has 110 valence electrons. The molecule has 4 nitrogen and oxygen atoms in total. The van der Waals surface area contributed by atoms with Gasteiger partial charge < -0.3 is 15.2 Å². The van der Waals surface area contributed by atoms with Gasteiger partial charge in [-0.05, 0) is 37.1 Å². The van der Waals surface area contributed by atoms with E-state index in [1.54, 1.807) is 11.3 Å². The van der Waals surface area contributed by atoms with Gasteiger partial charge in [0.2, 0.25) is 0 Å². The maximum atomic E-state index is 12.6. The number of hydrogen-bond donors (Lipinski definition) is 1. The number of hydrogen-bond acceptors (Lipinski definition) is 5. The smallest absolute Gasteiger partial charge is 0.158 e. The molecule has 0 saturated carbocycles. The van der Waals surface area contributed by atoms with Gasteiger partial charge in [-0.1, -0.05) is 6.07 Å². The lowest BCUT2D eigenvalue weighted by Gasteiger charge is -2.43. The van der Waals surface area contributed by atoms with Crippen molar-refractivity contribution in [3.05, 3.63) is 22.4 Å². The highest BCUT2D eigenvalue weighted by molar-refractivity contribution is 7.10. The molecule has 0 aliphatic carbocycles. The van der Waals surface area contributed by atoms with Crippen LogP contribution in [0.3, 0.4) is 0 Å². The van der Waals surface area contributed by atoms with E-state index in [-0.39, 0.29) is 17.3 Å². The molecule has 0 amide bonds. The molecule has 2 N–H and O–H groups in total. The predicted octanol–water partition coefficient (Wildman–Crippen LogP) is 2.29. The van der Waals surface area contributed by atoms with Crippen molar-refractivity contribution >= 4 is 17.1 Å². The Hall–Kier alpha value is -0.750. The van der Waals surface area contributed by atoms with Crippen LogP contribution < -0.4 is 5.73 Å². The Morgan fingerprint density at radius 1 is 1.40 bits per heavy atom. The molecular formula is C15H21NO3S. The topological polar surface area (TPSA) is 61.6 Å². The van der Waals surface area contributed by atoms with E-state index in [0.29, 0.717) is 6.61 Å². The van der Waals surface area contributed by atoms with Crippen LogP contribution in [-0.2, 0) is 14.3 Å². The van der Waals surface area contributed by atoms with Gasteiger partial charge in [-0.15, -0.1) is 11.3 Å². The van der Waals surface area contributed by atoms with Crippen LogP contribution in [0.5, 0.6) is 0 Å². The minimum atomic E-state index is -0.477. The largest absolute Gasteiger partial charge is 0.381 e. The van der Waals surface area contributed by atoms with Gasteiger partial charge in [-0.25, -0.2) is 0 Å². The molecule has 5 heteroatoms. The summed E-state index contributed by atoms with van der Waals surface area (Å²) in [6.45, 7) is 2.13. The maximum absolute atomic E-state index is 12.6. The number of carbonyl (C=O) groups is 1. The molecule has 20 heavy (non-hydrogen) atoms. The first-order valence-electron chi connectivity index (χ1n) is 7.25. The van der Waals surface area contributed by atoms with E-state index in [0.717, 1.165) is 43.8 Å². The van der Waals surface area contributed by atoms with Crippen molar-refractivity contribution in [2.75, 3.05) is 19.8 Å². The van der Waals surface area contributed by atoms with E-state index in [4.69, 9.17) is 15.2 Å². The van der Waals surface area contributed by atoms with Crippen LogP contribution >= 0.6 is 11.3 Å². The molecule has 3 heterocycles. The summed E-state index contributed by atoms with van der Waals surface area (Å²) < 4.78 is 11.4. The lowest BCUT2D eigenvalue weighted by Crippen LogP contribution is -2.47. The second-order valence-corrected chi connectivity index (χ2v) is 6.71. The Balaban J connectivity index is 1.68. The summed E-state index contributed by atoms with van der Waals surface area (Å²) in [6, 6.07) is 3.41. The molecule has 1 aromatic rings. The molecular weight excluding hydrogens is 274 g/mol. The number of Topliss-reactive ketones (excluding diaryl/α,β-unsaturated/α-hetero) is 1. The van der Waals surface area contributed by atoms with Crippen LogP contribution in [0.25, 0.3) is 0 Å². The van der Waals surface area contributed by atoms with Crippen molar-refractivity contribution in [1.29, 1.82) is 0 Å². The lowest BCUT2D eigenvalue weighted by molar-refractivity contribution is -0.157. The fourth-order valence-electron chi connectivity index (χ4n) is 3.22. The average Bonchev–Trinajstić information content (AvgIpc) is 3.01. The quantitative estimate of drug-likeness (QED) is 0.929. The van der Waals surface area contributed by atoms with Gasteiger partial charge in [0, 0.05) is 30.6 Å². The summed E-state index contributed by atoms with van der Waals surface area (Å²) in [5.41, 5.74) is 5.98. The molecule has 0 radical (unpaired) electrons. The molecule has 0 bridgehead atoms. The Morgan fingerprint density at radius 2 is 2.20 bits per heavy atom. The SMILES string of the molecule is NC(C(=O)C1CCOC2(CCOCC2)C1)c1cccs1. The molecule has 2 atom stereocenters. The van der Waals surface area contributed by atoms with Crippen molar-refractivity contribution in [2.45, 2.75) is 37.3 Å². The summed E-state index contributed by atoms with van der Waals surface area (Å²) in [7, 11) is 0. The number of ketones is 1. The normalized spacial score (nSPS) is 27.4. The number of rotatable bonds is 3. The van der Waals surface area contributed by atoms with Crippen LogP contribution in [0.4, 0.5) is 0 Å². The van der Waals surface area contributed by atoms with Gasteiger partial charge in [0.05, 0.1) is 11.6 Å². The fourth-order valence-corrected chi connectivity index (χ4v) is 3.96. The molecule has 2 saturated heterocycles. The zero-order chi connectivity index (χ0) is 14.0. The minimum Gasteiger partial charge on any atom is -0.381 e. The standard InChI is InChI=1S/C15H21NO3S/c16-13(12-2-1-9-20-12)14(17)11-3-6-19-15(10-11)4-7-18-8-5-15/h1-2,9,11,13H,3-8,10,16H2. The summed E-state index contributed by atoms with van der Waals surface area (Å²) in [4.78, 5) is 13.6. The molecule has 0 aromatic carbocycles. The third kappa shape index (κ3) is 2.81. The van der Waals surface area contributed by atoms with E-state index in [1.165, 1.54) is 0 Å². The first-order chi connectivity index (χ1) is 9.70. The van der Waals surface area contributed by atoms with Gasteiger partial charge in [-0.3, -0.25) is 4.79 Å². The van der Waals surface area contributed by atoms with E-state index in [2.05, 4.69) is 0 Å². The second-order valence-electron chi connectivity index (χ2n) is 5.73. The average molecular weight is 295 g/mol. The Morgan fingerprint density at radius 3 is 2.90 bits per heavy atom. The maximum Gasteiger partial charge on any atom is 0.158 e. The number of carbonyl (C=O) groups excluding carboxylic acids is 1. The number of thiophene rings is 1. The summed E-state index contributed by atoms with van der Waals surface area (Å²) >= 11 is 1.55. The van der Waals surface area contributed by atoms with Crippen molar-refractivity contribution in [3.8, 4) is 0 Å². The minimum absolute atomic E-state index is 0.0268. The van der Waals surface area contributed by atoms with Gasteiger partial charge in [0.1, 0.15) is 0 Å². The molecule has 2 unspecified atom stereocenters. The zero-order valence-corrected chi connectivity index (χ0v) is 12.4. The Kier molecular flexibility index (Phi) is 4.21. The molecule has 1 spiro atoms. The third-order valence-electron chi connectivity index (χ3n) is 4.46. The predicted molar refractivity (Wildman–Crippen MR) is 77.7 cm³/mol. The summed E-state index contributed by atoms with van der Waals surface area (Å²) in [5, 5.41) is 1.96. The molecule has 3 rings (SSSR count). The van der Waals surface area contributed by atoms with Crippen LogP contribution in [0.1, 0.15) is 36.6 Å². The van der Waals surface area contributed by atoms with Gasteiger partial charge in [0.15, 0.2) is 5.78 Å². The van der Waals surface area contributed by atoms with Crippen LogP contribution in [-0.4, -0.2) is 31.2 Å². The first-order valence-corrected chi connectivity index (χ1v) is 8.13. The number of nitrogens with two attached hydrogens (primary N) is 1. The molecule has 2 aliphatic heterocycles. The molecule has 1 aromatic heterocycles. The number of ether oxygens (including phenoxy) is 2. The van der Waals surface area contributed by atoms with E-state index < -0.39 is 6.04 Å². The second kappa shape index (κ2) is 5.93. The van der Waals surface area contributed by atoms with Gasteiger partial charge in [0.25, 0.3) is 0 Å². The highest BCUT2D eigenvalue weighted by Crippen LogP contribution is 2.38. The fraction of sp³-hybridized carbons (Fsp3) is 0.667. The third-order valence-corrected chi connectivity index (χ3v) is 5.41. The molecule has 2 fully saturated rings. The summed E-state index contributed by atoms with van der Waals surface area (Å²) in [5.74, 6) is 0.195. The highest BCUT2D eigenvalue weighted by Gasteiger charge is 2.42. The van der Waals surface area contributed by atoms with E-state index >= 15 is 0 Å². The Bertz CT molecular complexity index is 448.